The van der Waals surface area contributed by atoms with E-state index in [1.165, 1.54) is 29.5 Å². The van der Waals surface area contributed by atoms with Crippen LogP contribution < -0.4 is 10.1 Å². The zero-order chi connectivity index (χ0) is 14.3. The monoisotopic (exact) mass is 263 g/mol. The molecular weight excluding hydrogens is 234 g/mol. The standard InChI is InChI=1S/C17H29NO/c1-6-9-18-16(5)8-7-10-19-17-14(3)11-13(2)12-15(17)4/h11-12,16,18H,6-10H2,1-5H3. The fourth-order valence-corrected chi connectivity index (χ4v) is 2.45. The van der Waals surface area contributed by atoms with E-state index in [2.05, 4.69) is 52.1 Å². The first-order valence-corrected chi connectivity index (χ1v) is 7.48. The summed E-state index contributed by atoms with van der Waals surface area (Å²) in [7, 11) is 0. The van der Waals surface area contributed by atoms with E-state index in [0.29, 0.717) is 6.04 Å². The van der Waals surface area contributed by atoms with E-state index in [4.69, 9.17) is 4.74 Å². The molecule has 0 aliphatic rings. The first-order valence-electron chi connectivity index (χ1n) is 7.48. The summed E-state index contributed by atoms with van der Waals surface area (Å²) >= 11 is 0. The van der Waals surface area contributed by atoms with Gasteiger partial charge in [0.1, 0.15) is 5.75 Å². The first kappa shape index (κ1) is 16.0. The molecular formula is C17H29NO. The quantitative estimate of drug-likeness (QED) is 0.711. The molecule has 0 saturated heterocycles. The van der Waals surface area contributed by atoms with Crippen LogP contribution in [-0.2, 0) is 0 Å². The molecule has 1 aromatic rings. The molecule has 0 radical (unpaired) electrons. The highest BCUT2D eigenvalue weighted by Crippen LogP contribution is 2.24. The maximum absolute atomic E-state index is 5.95. The van der Waals surface area contributed by atoms with Crippen LogP contribution in [0.15, 0.2) is 12.1 Å². The molecule has 1 aromatic carbocycles. The fourth-order valence-electron chi connectivity index (χ4n) is 2.45. The van der Waals surface area contributed by atoms with Gasteiger partial charge in [-0.1, -0.05) is 24.6 Å². The van der Waals surface area contributed by atoms with Crippen molar-refractivity contribution < 1.29 is 4.74 Å². The second-order valence-corrected chi connectivity index (χ2v) is 5.57. The number of rotatable bonds is 8. The summed E-state index contributed by atoms with van der Waals surface area (Å²) in [4.78, 5) is 0. The van der Waals surface area contributed by atoms with Crippen molar-refractivity contribution in [3.8, 4) is 5.75 Å². The summed E-state index contributed by atoms with van der Waals surface area (Å²) in [5.41, 5.74) is 3.80. The van der Waals surface area contributed by atoms with E-state index in [1.807, 2.05) is 0 Å². The summed E-state index contributed by atoms with van der Waals surface area (Å²) in [6.45, 7) is 12.7. The second-order valence-electron chi connectivity index (χ2n) is 5.57. The minimum atomic E-state index is 0.587. The maximum atomic E-state index is 5.95. The van der Waals surface area contributed by atoms with Gasteiger partial charge in [-0.2, -0.15) is 0 Å². The summed E-state index contributed by atoms with van der Waals surface area (Å²) < 4.78 is 5.95. The topological polar surface area (TPSA) is 21.3 Å². The van der Waals surface area contributed by atoms with Crippen LogP contribution in [0.3, 0.4) is 0 Å². The molecule has 2 nitrogen and oxygen atoms in total. The van der Waals surface area contributed by atoms with Crippen LogP contribution in [-0.4, -0.2) is 19.2 Å². The highest BCUT2D eigenvalue weighted by Gasteiger charge is 2.05. The summed E-state index contributed by atoms with van der Waals surface area (Å²) in [5.74, 6) is 1.07. The average Bonchev–Trinajstić information content (AvgIpc) is 2.34. The Morgan fingerprint density at radius 1 is 1.16 bits per heavy atom. The smallest absolute Gasteiger partial charge is 0.125 e. The third-order valence-electron chi connectivity index (χ3n) is 3.38. The zero-order valence-electron chi connectivity index (χ0n) is 13.2. The molecule has 1 unspecified atom stereocenters. The molecule has 0 saturated carbocycles. The van der Waals surface area contributed by atoms with Crippen LogP contribution in [0.25, 0.3) is 0 Å². The molecule has 0 bridgehead atoms. The van der Waals surface area contributed by atoms with E-state index >= 15 is 0 Å². The van der Waals surface area contributed by atoms with Crippen LogP contribution in [0, 0.1) is 20.8 Å². The van der Waals surface area contributed by atoms with Gasteiger partial charge < -0.3 is 10.1 Å². The SMILES string of the molecule is CCCNC(C)CCCOc1c(C)cc(C)cc1C. The van der Waals surface area contributed by atoms with Crippen molar-refractivity contribution >= 4 is 0 Å². The van der Waals surface area contributed by atoms with Crippen molar-refractivity contribution in [1.82, 2.24) is 5.32 Å². The van der Waals surface area contributed by atoms with Crippen LogP contribution in [0.4, 0.5) is 0 Å². The molecule has 0 amide bonds. The predicted molar refractivity (Wildman–Crippen MR) is 83.1 cm³/mol. The van der Waals surface area contributed by atoms with E-state index in [1.54, 1.807) is 0 Å². The van der Waals surface area contributed by atoms with E-state index in [-0.39, 0.29) is 0 Å². The lowest BCUT2D eigenvalue weighted by molar-refractivity contribution is 0.294. The Balaban J connectivity index is 2.34. The molecule has 19 heavy (non-hydrogen) atoms. The Morgan fingerprint density at radius 2 is 1.79 bits per heavy atom. The molecule has 0 heterocycles. The third-order valence-corrected chi connectivity index (χ3v) is 3.38. The zero-order valence-corrected chi connectivity index (χ0v) is 13.2. The molecule has 0 fully saturated rings. The van der Waals surface area contributed by atoms with Gasteiger partial charge in [-0.3, -0.25) is 0 Å². The van der Waals surface area contributed by atoms with Gasteiger partial charge in [0, 0.05) is 6.04 Å². The molecule has 0 aromatic heterocycles. The lowest BCUT2D eigenvalue weighted by Gasteiger charge is -2.15. The molecule has 108 valence electrons. The van der Waals surface area contributed by atoms with Gasteiger partial charge in [0.2, 0.25) is 0 Å². The van der Waals surface area contributed by atoms with Gasteiger partial charge in [-0.25, -0.2) is 0 Å². The summed E-state index contributed by atoms with van der Waals surface area (Å²) in [6, 6.07) is 4.96. The number of hydrogen-bond acceptors (Lipinski definition) is 2. The van der Waals surface area contributed by atoms with Crippen LogP contribution >= 0.6 is 0 Å². The number of hydrogen-bond donors (Lipinski definition) is 1. The highest BCUT2D eigenvalue weighted by atomic mass is 16.5. The maximum Gasteiger partial charge on any atom is 0.125 e. The van der Waals surface area contributed by atoms with Crippen molar-refractivity contribution in [1.29, 1.82) is 0 Å². The Kier molecular flexibility index (Phi) is 6.93. The van der Waals surface area contributed by atoms with Crippen LogP contribution in [0.5, 0.6) is 5.75 Å². The fraction of sp³-hybridized carbons (Fsp3) is 0.647. The minimum Gasteiger partial charge on any atom is -0.493 e. The summed E-state index contributed by atoms with van der Waals surface area (Å²) in [5, 5.41) is 3.51. The molecule has 2 heteroatoms. The Bertz CT molecular complexity index is 364. The van der Waals surface area contributed by atoms with Crippen LogP contribution in [0.2, 0.25) is 0 Å². The van der Waals surface area contributed by atoms with Crippen molar-refractivity contribution in [2.75, 3.05) is 13.2 Å². The van der Waals surface area contributed by atoms with E-state index < -0.39 is 0 Å². The van der Waals surface area contributed by atoms with Gasteiger partial charge in [0.05, 0.1) is 6.61 Å². The molecule has 0 aliphatic heterocycles. The second kappa shape index (κ2) is 8.21. The first-order chi connectivity index (χ1) is 9.04. The van der Waals surface area contributed by atoms with Crippen molar-refractivity contribution in [2.24, 2.45) is 0 Å². The number of benzene rings is 1. The minimum absolute atomic E-state index is 0.587. The lowest BCUT2D eigenvalue weighted by Crippen LogP contribution is -2.27. The number of aryl methyl sites for hydroxylation is 3. The number of nitrogens with one attached hydrogen (secondary N) is 1. The normalized spacial score (nSPS) is 12.5. The number of ether oxygens (including phenoxy) is 1. The third kappa shape index (κ3) is 5.65. The van der Waals surface area contributed by atoms with E-state index in [0.717, 1.165) is 25.3 Å². The van der Waals surface area contributed by atoms with Gasteiger partial charge in [-0.05, 0) is 64.6 Å². The summed E-state index contributed by atoms with van der Waals surface area (Å²) in [6.07, 6.45) is 3.47. The van der Waals surface area contributed by atoms with Crippen molar-refractivity contribution in [3.05, 3.63) is 28.8 Å². The highest BCUT2D eigenvalue weighted by molar-refractivity contribution is 5.42. The molecule has 0 aliphatic carbocycles. The van der Waals surface area contributed by atoms with Crippen molar-refractivity contribution in [3.63, 3.8) is 0 Å². The van der Waals surface area contributed by atoms with Gasteiger partial charge in [-0.15, -0.1) is 0 Å². The van der Waals surface area contributed by atoms with Crippen molar-refractivity contribution in [2.45, 2.75) is 59.9 Å². The Morgan fingerprint density at radius 3 is 2.37 bits per heavy atom. The Labute approximate surface area is 118 Å². The molecule has 1 N–H and O–H groups in total. The predicted octanol–water partition coefficient (Wildman–Crippen LogP) is 4.16. The largest absolute Gasteiger partial charge is 0.493 e. The van der Waals surface area contributed by atoms with Gasteiger partial charge >= 0.3 is 0 Å². The Hall–Kier alpha value is -1.02. The van der Waals surface area contributed by atoms with Crippen LogP contribution in [0.1, 0.15) is 49.8 Å². The average molecular weight is 263 g/mol. The molecule has 1 atom stereocenters. The van der Waals surface area contributed by atoms with E-state index in [9.17, 15) is 0 Å². The van der Waals surface area contributed by atoms with Gasteiger partial charge in [0.15, 0.2) is 0 Å². The lowest BCUT2D eigenvalue weighted by atomic mass is 10.1. The molecule has 1 rings (SSSR count). The van der Waals surface area contributed by atoms with Gasteiger partial charge in [0.25, 0.3) is 0 Å². The molecule has 0 spiro atoms.